The summed E-state index contributed by atoms with van der Waals surface area (Å²) in [4.78, 5) is 13.1. The molecule has 5 nitrogen and oxygen atoms in total. The molecule has 0 aliphatic heterocycles. The summed E-state index contributed by atoms with van der Waals surface area (Å²) in [5.74, 6) is -0.350. The molecule has 1 aromatic rings. The molecule has 0 amide bonds. The number of hydrogen-bond acceptors (Lipinski definition) is 4. The molecule has 1 heterocycles. The van der Waals surface area contributed by atoms with Crippen molar-refractivity contribution in [3.63, 3.8) is 0 Å². The van der Waals surface area contributed by atoms with Crippen LogP contribution < -0.4 is 11.5 Å². The lowest BCUT2D eigenvalue weighted by Gasteiger charge is -1.92. The number of aromatic nitrogens is 1. The normalized spacial score (nSPS) is 8.38. The van der Waals surface area contributed by atoms with Gasteiger partial charge in [-0.05, 0) is 12.1 Å². The Bertz CT molecular complexity index is 255. The van der Waals surface area contributed by atoms with Gasteiger partial charge >= 0.3 is 5.97 Å². The van der Waals surface area contributed by atoms with Crippen molar-refractivity contribution < 1.29 is 9.90 Å². The van der Waals surface area contributed by atoms with E-state index in [1.54, 1.807) is 25.3 Å². The minimum Gasteiger partial charge on any atom is -0.481 e. The van der Waals surface area contributed by atoms with Crippen molar-refractivity contribution in [1.82, 2.24) is 4.98 Å². The molecule has 0 aliphatic carbocycles. The van der Waals surface area contributed by atoms with Gasteiger partial charge in [-0.15, -0.1) is 0 Å². The average Bonchev–Trinajstić information content (AvgIpc) is 2.11. The summed E-state index contributed by atoms with van der Waals surface area (Å²) in [5, 5.41) is 7.72. The van der Waals surface area contributed by atoms with Crippen LogP contribution in [-0.2, 0) is 4.79 Å². The molecule has 0 unspecified atom stereocenters. The molecule has 5 N–H and O–H groups in total. The first kappa shape index (κ1) is 11.2. The van der Waals surface area contributed by atoms with Crippen LogP contribution in [0.2, 0.25) is 0 Å². The molecule has 0 radical (unpaired) electrons. The quantitative estimate of drug-likeness (QED) is 0.595. The second-order valence-electron chi connectivity index (χ2n) is 2.23. The topological polar surface area (TPSA) is 102 Å². The number of carboxylic acid groups (broad SMARTS) is 1. The van der Waals surface area contributed by atoms with Gasteiger partial charge in [-0.3, -0.25) is 4.79 Å². The van der Waals surface area contributed by atoms with Crippen molar-refractivity contribution >= 4 is 17.5 Å². The lowest BCUT2D eigenvalue weighted by atomic mass is 10.4. The summed E-state index contributed by atoms with van der Waals surface area (Å²) in [7, 11) is 0. The fourth-order valence-electron chi connectivity index (χ4n) is 0.430. The summed E-state index contributed by atoms with van der Waals surface area (Å²) >= 11 is 0. The Morgan fingerprint density at radius 1 is 1.62 bits per heavy atom. The van der Waals surface area contributed by atoms with Gasteiger partial charge in [-0.1, -0.05) is 6.92 Å². The molecule has 0 aliphatic rings. The number of rotatable bonds is 1. The van der Waals surface area contributed by atoms with E-state index in [0.29, 0.717) is 11.5 Å². The molecule has 0 fully saturated rings. The molecule has 5 heteroatoms. The number of nitrogens with zero attached hydrogens (tertiary/aromatic N) is 1. The first-order valence-electron chi connectivity index (χ1n) is 3.75. The van der Waals surface area contributed by atoms with E-state index in [0.717, 1.165) is 0 Å². The van der Waals surface area contributed by atoms with Crippen LogP contribution in [0.5, 0.6) is 0 Å². The van der Waals surface area contributed by atoms with Crippen molar-refractivity contribution in [2.75, 3.05) is 11.5 Å². The third-order valence-corrected chi connectivity index (χ3v) is 1.17. The number of hydrogen-bond donors (Lipinski definition) is 3. The maximum Gasteiger partial charge on any atom is 0.303 e. The molecule has 1 aromatic heterocycles. The maximum atomic E-state index is 9.37. The molecule has 0 spiro atoms. The Kier molecular flexibility index (Phi) is 5.02. The highest BCUT2D eigenvalue weighted by Crippen LogP contribution is 2.06. The van der Waals surface area contributed by atoms with Gasteiger partial charge in [0, 0.05) is 12.6 Å². The number of anilines is 2. The van der Waals surface area contributed by atoms with Gasteiger partial charge in [-0.2, -0.15) is 0 Å². The number of nitrogen functional groups attached to an aromatic ring is 2. The monoisotopic (exact) mass is 183 g/mol. The molecule has 0 aromatic carbocycles. The zero-order valence-electron chi connectivity index (χ0n) is 7.40. The molecule has 1 rings (SSSR count). The zero-order valence-corrected chi connectivity index (χ0v) is 7.40. The molecular formula is C8H13N3O2. The van der Waals surface area contributed by atoms with E-state index in [2.05, 4.69) is 4.98 Å². The number of pyridine rings is 1. The fourth-order valence-corrected chi connectivity index (χ4v) is 0.430. The predicted octanol–water partition coefficient (Wildman–Crippen LogP) is 0.727. The summed E-state index contributed by atoms with van der Waals surface area (Å²) in [5.41, 5.74) is 11.2. The van der Waals surface area contributed by atoms with E-state index < -0.39 is 5.97 Å². The van der Waals surface area contributed by atoms with E-state index in [1.807, 2.05) is 0 Å². The number of carboxylic acids is 1. The highest BCUT2D eigenvalue weighted by Gasteiger charge is 1.87. The van der Waals surface area contributed by atoms with Gasteiger partial charge in [0.25, 0.3) is 0 Å². The molecule has 72 valence electrons. The van der Waals surface area contributed by atoms with Gasteiger partial charge in [0.1, 0.15) is 5.82 Å². The third-order valence-electron chi connectivity index (χ3n) is 1.17. The zero-order chi connectivity index (χ0) is 10.3. The number of nitrogens with two attached hydrogens (primary N) is 2. The third kappa shape index (κ3) is 5.49. The summed E-state index contributed by atoms with van der Waals surface area (Å²) in [6.07, 6.45) is 1.83. The van der Waals surface area contributed by atoms with E-state index >= 15 is 0 Å². The average molecular weight is 183 g/mol. The largest absolute Gasteiger partial charge is 0.481 e. The van der Waals surface area contributed by atoms with Crippen molar-refractivity contribution in [3.05, 3.63) is 18.3 Å². The lowest BCUT2D eigenvalue weighted by molar-refractivity contribution is -0.136. The minimum atomic E-state index is -0.745. The Morgan fingerprint density at radius 3 is 2.38 bits per heavy atom. The smallest absolute Gasteiger partial charge is 0.303 e. The van der Waals surface area contributed by atoms with Gasteiger partial charge in [0.05, 0.1) is 5.69 Å². The highest BCUT2D eigenvalue weighted by atomic mass is 16.4. The molecular weight excluding hydrogens is 170 g/mol. The van der Waals surface area contributed by atoms with Crippen LogP contribution in [-0.4, -0.2) is 16.1 Å². The van der Waals surface area contributed by atoms with Gasteiger partial charge in [0.2, 0.25) is 0 Å². The fraction of sp³-hybridized carbons (Fsp3) is 0.250. The van der Waals surface area contributed by atoms with E-state index in [4.69, 9.17) is 16.6 Å². The Labute approximate surface area is 76.4 Å². The van der Waals surface area contributed by atoms with Gasteiger partial charge in [0.15, 0.2) is 0 Å². The number of carbonyl (C=O) groups is 1. The molecule has 0 bridgehead atoms. The van der Waals surface area contributed by atoms with Crippen LogP contribution >= 0.6 is 0 Å². The highest BCUT2D eigenvalue weighted by molar-refractivity contribution is 5.66. The van der Waals surface area contributed by atoms with Gasteiger partial charge in [-0.25, -0.2) is 4.98 Å². The summed E-state index contributed by atoms with van der Waals surface area (Å²) < 4.78 is 0. The lowest BCUT2D eigenvalue weighted by Crippen LogP contribution is -1.95. The standard InChI is InChI=1S/C5H7N3.C3H6O2/c6-4-2-1-3-8-5(4)7;1-2-3(4)5/h1-3H,6H2,(H2,7,8);2H2,1H3,(H,4,5). The van der Waals surface area contributed by atoms with Crippen LogP contribution in [0.25, 0.3) is 0 Å². The van der Waals surface area contributed by atoms with E-state index in [9.17, 15) is 4.79 Å². The van der Waals surface area contributed by atoms with Crippen LogP contribution in [0.4, 0.5) is 11.5 Å². The van der Waals surface area contributed by atoms with Crippen LogP contribution in [0, 0.1) is 0 Å². The van der Waals surface area contributed by atoms with Crippen molar-refractivity contribution in [3.8, 4) is 0 Å². The summed E-state index contributed by atoms with van der Waals surface area (Å²) in [6.45, 7) is 1.60. The minimum absolute atomic E-state index is 0.222. The first-order valence-corrected chi connectivity index (χ1v) is 3.75. The Hall–Kier alpha value is -1.78. The van der Waals surface area contributed by atoms with E-state index in [-0.39, 0.29) is 6.42 Å². The van der Waals surface area contributed by atoms with Crippen molar-refractivity contribution in [1.29, 1.82) is 0 Å². The molecule has 0 atom stereocenters. The number of aliphatic carboxylic acids is 1. The van der Waals surface area contributed by atoms with Gasteiger partial charge < -0.3 is 16.6 Å². The SMILES string of the molecule is CCC(=O)O.Nc1cccnc1N. The van der Waals surface area contributed by atoms with Crippen LogP contribution in [0.3, 0.4) is 0 Å². The van der Waals surface area contributed by atoms with E-state index in [1.165, 1.54) is 0 Å². The van der Waals surface area contributed by atoms with Crippen molar-refractivity contribution in [2.24, 2.45) is 0 Å². The molecule has 0 saturated carbocycles. The predicted molar refractivity (Wildman–Crippen MR) is 51.0 cm³/mol. The van der Waals surface area contributed by atoms with Crippen LogP contribution in [0.1, 0.15) is 13.3 Å². The Balaban J connectivity index is 0.000000252. The van der Waals surface area contributed by atoms with Crippen molar-refractivity contribution in [2.45, 2.75) is 13.3 Å². The first-order chi connectivity index (χ1) is 6.07. The Morgan fingerprint density at radius 2 is 2.15 bits per heavy atom. The molecule has 0 saturated heterocycles. The maximum absolute atomic E-state index is 9.37. The molecule has 13 heavy (non-hydrogen) atoms. The second-order valence-corrected chi connectivity index (χ2v) is 2.23. The summed E-state index contributed by atoms with van der Waals surface area (Å²) in [6, 6.07) is 3.45. The van der Waals surface area contributed by atoms with Crippen LogP contribution in [0.15, 0.2) is 18.3 Å². The second kappa shape index (κ2) is 5.82.